The number of hydrogen-bond donors (Lipinski definition) is 2. The van der Waals surface area contributed by atoms with Gasteiger partial charge in [0.2, 0.25) is 0 Å². The van der Waals surface area contributed by atoms with Gasteiger partial charge >= 0.3 is 0 Å². The van der Waals surface area contributed by atoms with Gasteiger partial charge < -0.3 is 15.8 Å². The first kappa shape index (κ1) is 19.0. The molecule has 6 heteroatoms. The second-order valence-corrected chi connectivity index (χ2v) is 7.01. The molecule has 1 fully saturated rings. The van der Waals surface area contributed by atoms with E-state index in [0.29, 0.717) is 23.3 Å². The summed E-state index contributed by atoms with van der Waals surface area (Å²) in [6.07, 6.45) is 3.92. The molecule has 3 N–H and O–H groups in total. The van der Waals surface area contributed by atoms with Crippen molar-refractivity contribution < 1.29 is 18.7 Å². The Morgan fingerprint density at radius 2 is 1.85 bits per heavy atom. The van der Waals surface area contributed by atoms with Crippen molar-refractivity contribution in [3.05, 3.63) is 59.4 Å². The van der Waals surface area contributed by atoms with Crippen LogP contribution in [-0.2, 0) is 4.74 Å². The number of halogens is 1. The maximum Gasteiger partial charge on any atom is 0.251 e. The summed E-state index contributed by atoms with van der Waals surface area (Å²) < 4.78 is 19.0. The number of carbonyl (C=O) groups excluding carboxylic acids is 2. The first-order valence-corrected chi connectivity index (χ1v) is 8.95. The Balaban J connectivity index is 1.86. The van der Waals surface area contributed by atoms with Crippen LogP contribution in [0.3, 0.4) is 0 Å². The van der Waals surface area contributed by atoms with Crippen LogP contribution in [0.4, 0.5) is 4.39 Å². The quantitative estimate of drug-likeness (QED) is 0.819. The van der Waals surface area contributed by atoms with Crippen molar-refractivity contribution in [2.45, 2.75) is 31.2 Å². The smallest absolute Gasteiger partial charge is 0.251 e. The van der Waals surface area contributed by atoms with Gasteiger partial charge in [-0.1, -0.05) is 31.0 Å². The average molecular weight is 370 g/mol. The molecule has 2 aromatic rings. The van der Waals surface area contributed by atoms with E-state index in [1.165, 1.54) is 12.1 Å². The van der Waals surface area contributed by atoms with Crippen LogP contribution in [0.2, 0.25) is 0 Å². The van der Waals surface area contributed by atoms with Crippen LogP contribution in [0, 0.1) is 5.82 Å². The molecule has 2 aromatic carbocycles. The first-order chi connectivity index (χ1) is 12.9. The second-order valence-electron chi connectivity index (χ2n) is 7.01. The summed E-state index contributed by atoms with van der Waals surface area (Å²) in [7, 11) is 1.64. The van der Waals surface area contributed by atoms with Crippen LogP contribution in [0.15, 0.2) is 42.5 Å². The zero-order chi connectivity index (χ0) is 19.4. The highest BCUT2D eigenvalue weighted by atomic mass is 19.1. The molecule has 1 aliphatic rings. The number of primary amides is 1. The Morgan fingerprint density at radius 3 is 2.52 bits per heavy atom. The number of ether oxygens (including phenoxy) is 1. The fraction of sp³-hybridized carbons (Fsp3) is 0.333. The number of nitrogens with one attached hydrogen (secondary N) is 1. The molecule has 0 bridgehead atoms. The third-order valence-corrected chi connectivity index (χ3v) is 5.05. The molecule has 2 amide bonds. The van der Waals surface area contributed by atoms with Gasteiger partial charge in [0.1, 0.15) is 5.82 Å². The molecule has 0 aromatic heterocycles. The zero-order valence-electron chi connectivity index (χ0n) is 15.3. The van der Waals surface area contributed by atoms with Gasteiger partial charge in [-0.2, -0.15) is 0 Å². The van der Waals surface area contributed by atoms with E-state index in [0.717, 1.165) is 25.7 Å². The number of hydrogen-bond acceptors (Lipinski definition) is 3. The van der Waals surface area contributed by atoms with Crippen molar-refractivity contribution >= 4 is 11.8 Å². The molecule has 27 heavy (non-hydrogen) atoms. The Labute approximate surface area is 157 Å². The van der Waals surface area contributed by atoms with Crippen molar-refractivity contribution in [2.24, 2.45) is 5.73 Å². The molecule has 0 aliphatic heterocycles. The Hall–Kier alpha value is -2.73. The van der Waals surface area contributed by atoms with E-state index in [9.17, 15) is 14.0 Å². The maximum absolute atomic E-state index is 13.7. The van der Waals surface area contributed by atoms with Crippen LogP contribution in [0.25, 0.3) is 11.1 Å². The number of amides is 2. The predicted molar refractivity (Wildman–Crippen MR) is 101 cm³/mol. The number of nitrogens with two attached hydrogens (primary N) is 1. The van der Waals surface area contributed by atoms with Crippen molar-refractivity contribution in [2.75, 3.05) is 13.7 Å². The van der Waals surface area contributed by atoms with Gasteiger partial charge in [-0.15, -0.1) is 0 Å². The summed E-state index contributed by atoms with van der Waals surface area (Å²) in [6.45, 7) is 0.484. The summed E-state index contributed by atoms with van der Waals surface area (Å²) in [4.78, 5) is 24.2. The third kappa shape index (κ3) is 4.17. The first-order valence-electron chi connectivity index (χ1n) is 8.95. The summed E-state index contributed by atoms with van der Waals surface area (Å²) in [5.41, 5.74) is 6.55. The lowest BCUT2D eigenvalue weighted by atomic mass is 9.97. The maximum atomic E-state index is 13.7. The summed E-state index contributed by atoms with van der Waals surface area (Å²) in [6, 6.07) is 11.2. The number of benzene rings is 2. The monoisotopic (exact) mass is 370 g/mol. The van der Waals surface area contributed by atoms with Crippen LogP contribution < -0.4 is 11.1 Å². The van der Waals surface area contributed by atoms with Crippen molar-refractivity contribution in [1.82, 2.24) is 5.32 Å². The number of methoxy groups -OCH3 is 1. The molecule has 0 heterocycles. The van der Waals surface area contributed by atoms with Gasteiger partial charge in [-0.05, 0) is 48.2 Å². The van der Waals surface area contributed by atoms with E-state index in [2.05, 4.69) is 5.32 Å². The largest absolute Gasteiger partial charge is 0.382 e. The standard InChI is InChI=1S/C21H23FN2O3/c1-27-13-21(9-2-3-10-21)24-20(26)16-6-4-5-14(11-16)15-7-8-18(22)17(12-15)19(23)25/h4-8,11-12H,2-3,9-10,13H2,1H3,(H2,23,25)(H,24,26). The van der Waals surface area contributed by atoms with Crippen LogP contribution in [0.5, 0.6) is 0 Å². The van der Waals surface area contributed by atoms with E-state index in [1.807, 2.05) is 0 Å². The zero-order valence-corrected chi connectivity index (χ0v) is 15.3. The normalized spacial score (nSPS) is 15.5. The van der Waals surface area contributed by atoms with E-state index in [1.54, 1.807) is 37.4 Å². The lowest BCUT2D eigenvalue weighted by molar-refractivity contribution is 0.0767. The molecule has 0 saturated heterocycles. The third-order valence-electron chi connectivity index (χ3n) is 5.05. The highest BCUT2D eigenvalue weighted by Gasteiger charge is 2.35. The molecule has 0 radical (unpaired) electrons. The molecule has 0 atom stereocenters. The van der Waals surface area contributed by atoms with Crippen molar-refractivity contribution in [1.29, 1.82) is 0 Å². The van der Waals surface area contributed by atoms with E-state index < -0.39 is 11.7 Å². The topological polar surface area (TPSA) is 81.4 Å². The van der Waals surface area contributed by atoms with Gasteiger partial charge in [0.15, 0.2) is 0 Å². The molecule has 5 nitrogen and oxygen atoms in total. The number of carbonyl (C=O) groups is 2. The van der Waals surface area contributed by atoms with Gasteiger partial charge in [-0.3, -0.25) is 9.59 Å². The van der Waals surface area contributed by atoms with Crippen molar-refractivity contribution in [3.63, 3.8) is 0 Å². The van der Waals surface area contributed by atoms with Crippen molar-refractivity contribution in [3.8, 4) is 11.1 Å². The predicted octanol–water partition coefficient (Wildman–Crippen LogP) is 3.28. The summed E-state index contributed by atoms with van der Waals surface area (Å²) in [5, 5.41) is 3.13. The molecular weight excluding hydrogens is 347 g/mol. The van der Waals surface area contributed by atoms with Crippen LogP contribution in [-0.4, -0.2) is 31.1 Å². The fourth-order valence-corrected chi connectivity index (χ4v) is 3.68. The molecule has 1 saturated carbocycles. The minimum atomic E-state index is -0.828. The Kier molecular flexibility index (Phi) is 5.56. The van der Waals surface area contributed by atoms with Gasteiger partial charge in [0, 0.05) is 12.7 Å². The molecule has 142 valence electrons. The molecular formula is C21H23FN2O3. The molecule has 0 unspecified atom stereocenters. The minimum absolute atomic E-state index is 0.173. The minimum Gasteiger partial charge on any atom is -0.382 e. The highest BCUT2D eigenvalue weighted by molar-refractivity contribution is 5.97. The fourth-order valence-electron chi connectivity index (χ4n) is 3.68. The summed E-state index contributed by atoms with van der Waals surface area (Å²) in [5.74, 6) is -1.66. The van der Waals surface area contributed by atoms with E-state index >= 15 is 0 Å². The lowest BCUT2D eigenvalue weighted by Crippen LogP contribution is -2.49. The van der Waals surface area contributed by atoms with Gasteiger partial charge in [-0.25, -0.2) is 4.39 Å². The van der Waals surface area contributed by atoms with Gasteiger partial charge in [0.05, 0.1) is 17.7 Å². The van der Waals surface area contributed by atoms with Gasteiger partial charge in [0.25, 0.3) is 11.8 Å². The summed E-state index contributed by atoms with van der Waals surface area (Å²) >= 11 is 0. The highest BCUT2D eigenvalue weighted by Crippen LogP contribution is 2.30. The SMILES string of the molecule is COCC1(NC(=O)c2cccc(-c3ccc(F)c(C(N)=O)c3)c2)CCCC1. The molecule has 1 aliphatic carbocycles. The van der Waals surface area contributed by atoms with Crippen LogP contribution in [0.1, 0.15) is 46.4 Å². The number of rotatable bonds is 6. The lowest BCUT2D eigenvalue weighted by Gasteiger charge is -2.29. The Morgan fingerprint density at radius 1 is 1.15 bits per heavy atom. The average Bonchev–Trinajstić information content (AvgIpc) is 3.10. The Bertz CT molecular complexity index is 860. The van der Waals surface area contributed by atoms with E-state index in [-0.39, 0.29) is 17.0 Å². The second kappa shape index (κ2) is 7.88. The van der Waals surface area contributed by atoms with E-state index in [4.69, 9.17) is 10.5 Å². The van der Waals surface area contributed by atoms with Crippen LogP contribution >= 0.6 is 0 Å². The molecule has 3 rings (SSSR count). The molecule has 0 spiro atoms.